The zero-order valence-corrected chi connectivity index (χ0v) is 17.3. The lowest BCUT2D eigenvalue weighted by Crippen LogP contribution is -2.24. The lowest BCUT2D eigenvalue weighted by Gasteiger charge is -2.14. The van der Waals surface area contributed by atoms with Crippen molar-refractivity contribution in [3.63, 3.8) is 0 Å². The Balaban J connectivity index is 1.96. The largest absolute Gasteiger partial charge is 0.469 e. The van der Waals surface area contributed by atoms with Crippen LogP contribution in [0.5, 0.6) is 5.19 Å². The third-order valence-electron chi connectivity index (χ3n) is 3.76. The van der Waals surface area contributed by atoms with Gasteiger partial charge in [0.15, 0.2) is 5.16 Å². The van der Waals surface area contributed by atoms with Crippen molar-refractivity contribution in [1.29, 1.82) is 0 Å². The molecule has 0 saturated heterocycles. The van der Waals surface area contributed by atoms with Crippen LogP contribution in [0.15, 0.2) is 9.95 Å². The number of rotatable bonds is 6. The summed E-state index contributed by atoms with van der Waals surface area (Å²) in [5, 5.41) is 11.0. The first kappa shape index (κ1) is 18.3. The summed E-state index contributed by atoms with van der Waals surface area (Å²) in [6.07, 6.45) is 0. The molecular weight excluding hydrogens is 376 g/mol. The molecule has 0 saturated carbocycles. The van der Waals surface area contributed by atoms with Gasteiger partial charge < -0.3 is 4.74 Å². The average Bonchev–Trinajstić information content (AvgIpc) is 3.10. The molecule has 3 rings (SSSR count). The number of thiophene rings is 1. The molecule has 0 spiro atoms. The Morgan fingerprint density at radius 1 is 1.24 bits per heavy atom. The molecule has 3 aromatic rings. The molecule has 9 heteroatoms. The molecule has 0 amide bonds. The maximum atomic E-state index is 13.0. The lowest BCUT2D eigenvalue weighted by atomic mass is 10.2. The molecule has 3 aromatic heterocycles. The second-order valence-electron chi connectivity index (χ2n) is 5.81. The fourth-order valence-electron chi connectivity index (χ4n) is 2.45. The van der Waals surface area contributed by atoms with Crippen molar-refractivity contribution in [1.82, 2.24) is 19.7 Å². The molecule has 25 heavy (non-hydrogen) atoms. The third-order valence-corrected chi connectivity index (χ3v) is 6.84. The van der Waals surface area contributed by atoms with E-state index >= 15 is 0 Å². The predicted molar refractivity (Wildman–Crippen MR) is 104 cm³/mol. The highest BCUT2D eigenvalue weighted by Crippen LogP contribution is 2.31. The molecule has 134 valence electrons. The van der Waals surface area contributed by atoms with Crippen LogP contribution in [-0.2, 0) is 5.75 Å². The second-order valence-corrected chi connectivity index (χ2v) is 8.98. The monoisotopic (exact) mass is 396 g/mol. The van der Waals surface area contributed by atoms with E-state index in [1.807, 2.05) is 34.6 Å². The van der Waals surface area contributed by atoms with E-state index in [1.54, 1.807) is 15.9 Å². The van der Waals surface area contributed by atoms with Crippen molar-refractivity contribution in [2.45, 2.75) is 51.6 Å². The number of hydrogen-bond donors (Lipinski definition) is 0. The third kappa shape index (κ3) is 3.58. The summed E-state index contributed by atoms with van der Waals surface area (Å²) in [6, 6.07) is 0.0416. The Morgan fingerprint density at radius 3 is 2.68 bits per heavy atom. The minimum Gasteiger partial charge on any atom is -0.469 e. The summed E-state index contributed by atoms with van der Waals surface area (Å²) in [5.41, 5.74) is 1.07. The molecule has 0 aliphatic heterocycles. The van der Waals surface area contributed by atoms with Crippen molar-refractivity contribution in [3.05, 3.63) is 25.8 Å². The number of aromatic nitrogens is 4. The first-order valence-corrected chi connectivity index (χ1v) is 10.6. The molecule has 6 nitrogen and oxygen atoms in total. The lowest BCUT2D eigenvalue weighted by molar-refractivity contribution is 0.335. The van der Waals surface area contributed by atoms with E-state index in [9.17, 15) is 4.79 Å². The van der Waals surface area contributed by atoms with Crippen molar-refractivity contribution in [2.75, 3.05) is 6.61 Å². The van der Waals surface area contributed by atoms with Gasteiger partial charge in [-0.15, -0.1) is 21.5 Å². The fourth-order valence-corrected chi connectivity index (χ4v) is 5.38. The Morgan fingerprint density at radius 2 is 2.00 bits per heavy atom. The van der Waals surface area contributed by atoms with E-state index in [1.165, 1.54) is 23.1 Å². The van der Waals surface area contributed by atoms with Crippen LogP contribution >= 0.6 is 34.4 Å². The van der Waals surface area contributed by atoms with E-state index in [0.29, 0.717) is 17.6 Å². The van der Waals surface area contributed by atoms with Crippen LogP contribution in [0, 0.1) is 13.8 Å². The quantitative estimate of drug-likeness (QED) is 0.459. The van der Waals surface area contributed by atoms with Gasteiger partial charge in [-0.1, -0.05) is 23.1 Å². The van der Waals surface area contributed by atoms with Gasteiger partial charge in [0.2, 0.25) is 0 Å². The Labute approximate surface area is 158 Å². The van der Waals surface area contributed by atoms with E-state index in [0.717, 1.165) is 30.8 Å². The molecule has 0 bridgehead atoms. The van der Waals surface area contributed by atoms with Gasteiger partial charge in [-0.25, -0.2) is 4.98 Å². The molecule has 0 fully saturated rings. The molecule has 0 aliphatic carbocycles. The standard InChI is InChI=1S/C16H20N4O2S3/c1-6-22-16-19-18-11(25-16)7-23-15-17-13-12(9(4)10(5)24-13)14(21)20(15)8(2)3/h8H,6-7H2,1-5H3. The smallest absolute Gasteiger partial charge is 0.294 e. The molecule has 0 N–H and O–H groups in total. The Bertz CT molecular complexity index is 958. The maximum absolute atomic E-state index is 13.0. The van der Waals surface area contributed by atoms with Crippen molar-refractivity contribution >= 4 is 44.7 Å². The first-order valence-electron chi connectivity index (χ1n) is 8.02. The van der Waals surface area contributed by atoms with Crippen LogP contribution in [0.3, 0.4) is 0 Å². The topological polar surface area (TPSA) is 69.9 Å². The number of thioether (sulfide) groups is 1. The number of aryl methyl sites for hydroxylation is 2. The average molecular weight is 397 g/mol. The van der Waals surface area contributed by atoms with E-state index in [-0.39, 0.29) is 11.6 Å². The number of ether oxygens (including phenoxy) is 1. The minimum absolute atomic E-state index is 0.0385. The highest BCUT2D eigenvalue weighted by molar-refractivity contribution is 7.98. The van der Waals surface area contributed by atoms with Crippen LogP contribution in [0.1, 0.15) is 42.3 Å². The summed E-state index contributed by atoms with van der Waals surface area (Å²) in [6.45, 7) is 10.5. The van der Waals surface area contributed by atoms with Crippen molar-refractivity contribution in [3.8, 4) is 5.19 Å². The SMILES string of the molecule is CCOc1nnc(CSc2nc3sc(C)c(C)c3c(=O)n2C(C)C)s1. The van der Waals surface area contributed by atoms with E-state index < -0.39 is 0 Å². The zero-order chi connectivity index (χ0) is 18.1. The normalized spacial score (nSPS) is 11.6. The molecule has 3 heterocycles. The van der Waals surface area contributed by atoms with Gasteiger partial charge >= 0.3 is 0 Å². The van der Waals surface area contributed by atoms with Gasteiger partial charge in [-0.3, -0.25) is 9.36 Å². The number of fused-ring (bicyclic) bond motifs is 1. The van der Waals surface area contributed by atoms with Crippen LogP contribution in [-0.4, -0.2) is 26.4 Å². The van der Waals surface area contributed by atoms with Crippen LogP contribution in [0.4, 0.5) is 0 Å². The number of hydrogen-bond acceptors (Lipinski definition) is 8. The predicted octanol–water partition coefficient (Wildman–Crippen LogP) is 4.20. The van der Waals surface area contributed by atoms with E-state index in [2.05, 4.69) is 10.2 Å². The summed E-state index contributed by atoms with van der Waals surface area (Å²) < 4.78 is 7.13. The maximum Gasteiger partial charge on any atom is 0.294 e. The Hall–Kier alpha value is -1.45. The fraction of sp³-hybridized carbons (Fsp3) is 0.500. The number of nitrogens with zero attached hydrogens (tertiary/aromatic N) is 4. The second kappa shape index (κ2) is 7.43. The summed E-state index contributed by atoms with van der Waals surface area (Å²) in [4.78, 5) is 19.7. The first-order chi connectivity index (χ1) is 11.9. The van der Waals surface area contributed by atoms with Gasteiger partial charge in [0, 0.05) is 10.9 Å². The highest BCUT2D eigenvalue weighted by Gasteiger charge is 2.19. The van der Waals surface area contributed by atoms with Crippen LogP contribution in [0.25, 0.3) is 10.2 Å². The molecule has 0 aromatic carbocycles. The molecular formula is C16H20N4O2S3. The van der Waals surface area contributed by atoms with Gasteiger partial charge in [-0.2, -0.15) is 0 Å². The van der Waals surface area contributed by atoms with Crippen molar-refractivity contribution < 1.29 is 4.74 Å². The van der Waals surface area contributed by atoms with Crippen LogP contribution < -0.4 is 10.3 Å². The molecule has 0 radical (unpaired) electrons. The molecule has 0 unspecified atom stereocenters. The Kier molecular flexibility index (Phi) is 5.45. The highest BCUT2D eigenvalue weighted by atomic mass is 32.2. The van der Waals surface area contributed by atoms with Crippen molar-refractivity contribution in [2.24, 2.45) is 0 Å². The van der Waals surface area contributed by atoms with E-state index in [4.69, 9.17) is 9.72 Å². The van der Waals surface area contributed by atoms with Gasteiger partial charge in [-0.05, 0) is 40.2 Å². The van der Waals surface area contributed by atoms with Crippen LogP contribution in [0.2, 0.25) is 0 Å². The summed E-state index contributed by atoms with van der Waals surface area (Å²) >= 11 is 4.52. The summed E-state index contributed by atoms with van der Waals surface area (Å²) in [7, 11) is 0. The van der Waals surface area contributed by atoms with Gasteiger partial charge in [0.05, 0.1) is 17.7 Å². The minimum atomic E-state index is 0.0385. The van der Waals surface area contributed by atoms with Gasteiger partial charge in [0.25, 0.3) is 10.8 Å². The summed E-state index contributed by atoms with van der Waals surface area (Å²) in [5.74, 6) is 0.610. The zero-order valence-electron chi connectivity index (χ0n) is 14.8. The molecule has 0 aliphatic rings. The molecule has 0 atom stereocenters. The van der Waals surface area contributed by atoms with Gasteiger partial charge in [0.1, 0.15) is 9.84 Å².